The number of amides is 2. The van der Waals surface area contributed by atoms with Gasteiger partial charge in [-0.1, -0.05) is 6.07 Å². The van der Waals surface area contributed by atoms with Gasteiger partial charge in [-0.15, -0.1) is 0 Å². The standard InChI is InChI=1S/C27H30BrN3O5S/c1-5-35-22-14-18(13-21(28)24(22)36-17(2)3)15-23-26(33)30(4)27(37-23)29-20-8-6-7-19(16-20)25(32)31-9-11-34-12-10-31/h6-8,13-17H,5,9-12H2,1-4H3/b23-15+,29-27?. The van der Waals surface area contributed by atoms with E-state index in [2.05, 4.69) is 20.9 Å². The van der Waals surface area contributed by atoms with Crippen LogP contribution in [-0.2, 0) is 9.53 Å². The van der Waals surface area contributed by atoms with Crippen LogP contribution in [0.15, 0.2) is 50.8 Å². The van der Waals surface area contributed by atoms with E-state index >= 15 is 0 Å². The predicted molar refractivity (Wildman–Crippen MR) is 150 cm³/mol. The first-order valence-corrected chi connectivity index (χ1v) is 13.7. The van der Waals surface area contributed by atoms with Crippen LogP contribution < -0.4 is 9.47 Å². The Morgan fingerprint density at radius 3 is 2.70 bits per heavy atom. The highest BCUT2D eigenvalue weighted by Crippen LogP contribution is 2.40. The number of morpholine rings is 1. The second-order valence-corrected chi connectivity index (χ2v) is 10.6. The largest absolute Gasteiger partial charge is 0.490 e. The highest BCUT2D eigenvalue weighted by molar-refractivity contribution is 9.10. The summed E-state index contributed by atoms with van der Waals surface area (Å²) in [5, 5.41) is 0.538. The van der Waals surface area contributed by atoms with E-state index in [-0.39, 0.29) is 17.9 Å². The van der Waals surface area contributed by atoms with E-state index < -0.39 is 0 Å². The molecule has 2 amide bonds. The van der Waals surface area contributed by atoms with Gasteiger partial charge in [0.25, 0.3) is 11.8 Å². The van der Waals surface area contributed by atoms with E-state index in [1.807, 2.05) is 45.0 Å². The summed E-state index contributed by atoms with van der Waals surface area (Å²) < 4.78 is 17.8. The summed E-state index contributed by atoms with van der Waals surface area (Å²) in [5.41, 5.74) is 1.97. The van der Waals surface area contributed by atoms with Gasteiger partial charge in [-0.05, 0) is 90.4 Å². The van der Waals surface area contributed by atoms with Gasteiger partial charge in [-0.3, -0.25) is 14.5 Å². The molecule has 196 valence electrons. The summed E-state index contributed by atoms with van der Waals surface area (Å²) in [6.07, 6.45) is 1.80. The number of ether oxygens (including phenoxy) is 3. The number of halogens is 1. The van der Waals surface area contributed by atoms with Gasteiger partial charge < -0.3 is 19.1 Å². The quantitative estimate of drug-likeness (QED) is 0.407. The maximum atomic E-state index is 13.0. The summed E-state index contributed by atoms with van der Waals surface area (Å²) in [4.78, 5) is 34.4. The molecule has 0 unspecified atom stereocenters. The predicted octanol–water partition coefficient (Wildman–Crippen LogP) is 5.34. The van der Waals surface area contributed by atoms with Crippen molar-refractivity contribution in [3.63, 3.8) is 0 Å². The van der Waals surface area contributed by atoms with Crippen LogP contribution in [0.25, 0.3) is 6.08 Å². The molecular formula is C27H30BrN3O5S. The zero-order valence-electron chi connectivity index (χ0n) is 21.3. The Morgan fingerprint density at radius 2 is 2.00 bits per heavy atom. The number of likely N-dealkylation sites (N-methyl/N-ethyl adjacent to an activating group) is 1. The van der Waals surface area contributed by atoms with E-state index in [0.717, 1.165) is 10.0 Å². The molecular weight excluding hydrogens is 558 g/mol. The number of amidine groups is 1. The number of rotatable bonds is 7. The number of thioether (sulfide) groups is 1. The van der Waals surface area contributed by atoms with Gasteiger partial charge in [0.1, 0.15) is 0 Å². The lowest BCUT2D eigenvalue weighted by Crippen LogP contribution is -2.40. The number of nitrogens with zero attached hydrogens (tertiary/aromatic N) is 3. The summed E-state index contributed by atoms with van der Waals surface area (Å²) in [7, 11) is 1.69. The molecule has 0 atom stereocenters. The SMILES string of the molecule is CCOc1cc(/C=C2/SC(=Nc3cccc(C(=O)N4CCOCC4)c3)N(C)C2=O)cc(Br)c1OC(C)C. The van der Waals surface area contributed by atoms with Crippen molar-refractivity contribution in [1.82, 2.24) is 9.80 Å². The monoisotopic (exact) mass is 587 g/mol. The zero-order chi connectivity index (χ0) is 26.5. The molecule has 10 heteroatoms. The Kier molecular flexibility index (Phi) is 8.94. The first kappa shape index (κ1) is 27.2. The van der Waals surface area contributed by atoms with Crippen molar-refractivity contribution in [3.05, 3.63) is 56.9 Å². The van der Waals surface area contributed by atoms with Gasteiger partial charge in [0.15, 0.2) is 16.7 Å². The Bertz CT molecular complexity index is 1240. The van der Waals surface area contributed by atoms with Crippen LogP contribution in [0.3, 0.4) is 0 Å². The lowest BCUT2D eigenvalue weighted by Gasteiger charge is -2.26. The summed E-state index contributed by atoms with van der Waals surface area (Å²) >= 11 is 4.87. The maximum Gasteiger partial charge on any atom is 0.266 e. The zero-order valence-corrected chi connectivity index (χ0v) is 23.7. The lowest BCUT2D eigenvalue weighted by atomic mass is 10.1. The summed E-state index contributed by atoms with van der Waals surface area (Å²) in [5.74, 6) is 1.04. The van der Waals surface area contributed by atoms with Gasteiger partial charge >= 0.3 is 0 Å². The van der Waals surface area contributed by atoms with Crippen LogP contribution in [-0.4, -0.2) is 72.8 Å². The van der Waals surface area contributed by atoms with Gasteiger partial charge in [0, 0.05) is 25.7 Å². The van der Waals surface area contributed by atoms with E-state index in [0.29, 0.717) is 65.7 Å². The van der Waals surface area contributed by atoms with Crippen LogP contribution >= 0.6 is 27.7 Å². The van der Waals surface area contributed by atoms with Crippen molar-refractivity contribution in [2.24, 2.45) is 4.99 Å². The van der Waals surface area contributed by atoms with Crippen LogP contribution in [0.2, 0.25) is 0 Å². The number of aliphatic imine (C=N–C) groups is 1. The first-order valence-electron chi connectivity index (χ1n) is 12.1. The number of benzene rings is 2. The fourth-order valence-electron chi connectivity index (χ4n) is 3.86. The van der Waals surface area contributed by atoms with Crippen molar-refractivity contribution in [2.45, 2.75) is 26.9 Å². The maximum absolute atomic E-state index is 13.0. The molecule has 0 saturated carbocycles. The van der Waals surface area contributed by atoms with Gasteiger partial charge in [0.2, 0.25) is 0 Å². The van der Waals surface area contributed by atoms with Gasteiger partial charge in [-0.25, -0.2) is 4.99 Å². The van der Waals surface area contributed by atoms with Gasteiger partial charge in [0.05, 0.1) is 41.0 Å². The molecule has 8 nitrogen and oxygen atoms in total. The molecule has 2 heterocycles. The third-order valence-electron chi connectivity index (χ3n) is 5.60. The number of hydrogen-bond donors (Lipinski definition) is 0. The van der Waals surface area contributed by atoms with Crippen LogP contribution in [0.4, 0.5) is 5.69 Å². The fraction of sp³-hybridized carbons (Fsp3) is 0.370. The lowest BCUT2D eigenvalue weighted by molar-refractivity contribution is -0.121. The molecule has 2 saturated heterocycles. The molecule has 2 aliphatic rings. The molecule has 37 heavy (non-hydrogen) atoms. The normalized spacial score (nSPS) is 18.3. The van der Waals surface area contributed by atoms with E-state index in [1.54, 1.807) is 30.1 Å². The van der Waals surface area contributed by atoms with Crippen molar-refractivity contribution in [2.75, 3.05) is 40.0 Å². The molecule has 2 aliphatic heterocycles. The van der Waals surface area contributed by atoms with Gasteiger partial charge in [-0.2, -0.15) is 0 Å². The van der Waals surface area contributed by atoms with E-state index in [1.165, 1.54) is 16.7 Å². The van der Waals surface area contributed by atoms with Crippen molar-refractivity contribution in [3.8, 4) is 11.5 Å². The highest BCUT2D eigenvalue weighted by Gasteiger charge is 2.31. The molecule has 0 aliphatic carbocycles. The van der Waals surface area contributed by atoms with Crippen molar-refractivity contribution >= 4 is 56.4 Å². The molecule has 2 aromatic carbocycles. The van der Waals surface area contributed by atoms with E-state index in [9.17, 15) is 9.59 Å². The second-order valence-electron chi connectivity index (χ2n) is 8.75. The molecule has 0 aromatic heterocycles. The average Bonchev–Trinajstić information content (AvgIpc) is 3.14. The molecule has 2 fully saturated rings. The molecule has 2 aromatic rings. The third-order valence-corrected chi connectivity index (χ3v) is 7.25. The van der Waals surface area contributed by atoms with E-state index in [4.69, 9.17) is 14.2 Å². The topological polar surface area (TPSA) is 80.7 Å². The minimum absolute atomic E-state index is 0.0123. The fourth-order valence-corrected chi connectivity index (χ4v) is 5.40. The summed E-state index contributed by atoms with van der Waals surface area (Å²) in [6.45, 7) is 8.55. The number of carbonyl (C=O) groups is 2. The Morgan fingerprint density at radius 1 is 1.24 bits per heavy atom. The Balaban J connectivity index is 1.58. The first-order chi connectivity index (χ1) is 17.8. The molecule has 0 radical (unpaired) electrons. The summed E-state index contributed by atoms with van der Waals surface area (Å²) in [6, 6.07) is 10.9. The van der Waals surface area contributed by atoms with Crippen molar-refractivity contribution < 1.29 is 23.8 Å². The van der Waals surface area contributed by atoms with Crippen LogP contribution in [0, 0.1) is 0 Å². The van der Waals surface area contributed by atoms with Crippen LogP contribution in [0.1, 0.15) is 36.7 Å². The minimum atomic E-state index is -0.152. The average molecular weight is 589 g/mol. The number of hydrogen-bond acceptors (Lipinski definition) is 7. The molecule has 0 N–H and O–H groups in total. The minimum Gasteiger partial charge on any atom is -0.490 e. The molecule has 0 bridgehead atoms. The number of carbonyl (C=O) groups excluding carboxylic acids is 2. The Labute approximate surface area is 229 Å². The van der Waals surface area contributed by atoms with Crippen molar-refractivity contribution in [1.29, 1.82) is 0 Å². The van der Waals surface area contributed by atoms with Crippen LogP contribution in [0.5, 0.6) is 11.5 Å². The molecule has 4 rings (SSSR count). The highest BCUT2D eigenvalue weighted by atomic mass is 79.9. The molecule has 0 spiro atoms. The smallest absolute Gasteiger partial charge is 0.266 e. The Hall–Kier alpha value is -2.82. The third kappa shape index (κ3) is 6.55. The second kappa shape index (κ2) is 12.1.